The van der Waals surface area contributed by atoms with Crippen LogP contribution in [0.1, 0.15) is 19.5 Å². The van der Waals surface area contributed by atoms with Crippen LogP contribution in [0.2, 0.25) is 0 Å². The maximum atomic E-state index is 12.9. The zero-order chi connectivity index (χ0) is 13.0. The molecule has 0 aliphatic carbocycles. The fraction of sp³-hybridized carbons (Fsp3) is 0.357. The highest BCUT2D eigenvalue weighted by Crippen LogP contribution is 2.23. The minimum absolute atomic E-state index is 0.252. The van der Waals surface area contributed by atoms with Crippen LogP contribution in [0, 0.1) is 11.7 Å². The van der Waals surface area contributed by atoms with Crippen LogP contribution in [0.3, 0.4) is 0 Å². The average Bonchev–Trinajstić information content (AvgIpc) is 2.78. The van der Waals surface area contributed by atoms with Crippen molar-refractivity contribution in [2.75, 3.05) is 6.54 Å². The molecule has 0 bridgehead atoms. The summed E-state index contributed by atoms with van der Waals surface area (Å²) in [7, 11) is 0. The topological polar surface area (TPSA) is 38.1 Å². The molecular weight excluding hydrogens is 231 g/mol. The van der Waals surface area contributed by atoms with E-state index in [1.165, 1.54) is 18.5 Å². The molecule has 3 nitrogen and oxygen atoms in total. The maximum Gasteiger partial charge on any atom is 0.181 e. The molecule has 4 heteroatoms. The zero-order valence-electron chi connectivity index (χ0n) is 10.6. The highest BCUT2D eigenvalue weighted by atomic mass is 19.1. The summed E-state index contributed by atoms with van der Waals surface area (Å²) < 4.78 is 18.2. The van der Waals surface area contributed by atoms with Crippen LogP contribution >= 0.6 is 0 Å². The van der Waals surface area contributed by atoms with Crippen LogP contribution in [-0.2, 0) is 6.54 Å². The molecule has 1 heterocycles. The van der Waals surface area contributed by atoms with Crippen molar-refractivity contribution >= 4 is 0 Å². The van der Waals surface area contributed by atoms with Crippen LogP contribution < -0.4 is 5.32 Å². The lowest BCUT2D eigenvalue weighted by Crippen LogP contribution is -2.19. The molecular formula is C14H17FN2O. The fourth-order valence-electron chi connectivity index (χ4n) is 1.71. The lowest BCUT2D eigenvalue weighted by Gasteiger charge is -2.06. The minimum Gasteiger partial charge on any atom is -0.443 e. The molecule has 1 aromatic carbocycles. The van der Waals surface area contributed by atoms with Crippen LogP contribution in [0.5, 0.6) is 0 Å². The van der Waals surface area contributed by atoms with E-state index in [0.717, 1.165) is 17.8 Å². The number of nitrogens with zero attached hydrogens (tertiary/aromatic N) is 1. The smallest absolute Gasteiger partial charge is 0.181 e. The first-order valence-electron chi connectivity index (χ1n) is 6.06. The second-order valence-corrected chi connectivity index (χ2v) is 4.66. The SMILES string of the molecule is CC(C)CNCc1ncoc1-c1ccc(F)cc1. The van der Waals surface area contributed by atoms with E-state index in [9.17, 15) is 4.39 Å². The molecule has 0 spiro atoms. The lowest BCUT2D eigenvalue weighted by atomic mass is 10.1. The number of halogens is 1. The number of aromatic nitrogens is 1. The van der Waals surface area contributed by atoms with E-state index in [-0.39, 0.29) is 5.82 Å². The number of rotatable bonds is 5. The van der Waals surface area contributed by atoms with Crippen LogP contribution in [0.15, 0.2) is 35.1 Å². The van der Waals surface area contributed by atoms with Gasteiger partial charge in [0.1, 0.15) is 11.5 Å². The van der Waals surface area contributed by atoms with E-state index in [2.05, 4.69) is 24.1 Å². The van der Waals surface area contributed by atoms with Crippen LogP contribution in [0.4, 0.5) is 4.39 Å². The Balaban J connectivity index is 2.10. The molecule has 0 aliphatic heterocycles. The fourth-order valence-corrected chi connectivity index (χ4v) is 1.71. The molecule has 2 rings (SSSR count). The quantitative estimate of drug-likeness (QED) is 0.882. The van der Waals surface area contributed by atoms with Gasteiger partial charge in [-0.3, -0.25) is 0 Å². The Morgan fingerprint density at radius 3 is 2.67 bits per heavy atom. The van der Waals surface area contributed by atoms with Gasteiger partial charge in [0.15, 0.2) is 12.2 Å². The Labute approximate surface area is 106 Å². The van der Waals surface area contributed by atoms with Crippen molar-refractivity contribution in [1.29, 1.82) is 0 Å². The molecule has 0 amide bonds. The molecule has 0 saturated carbocycles. The van der Waals surface area contributed by atoms with E-state index in [1.54, 1.807) is 12.1 Å². The normalized spacial score (nSPS) is 11.1. The van der Waals surface area contributed by atoms with Crippen molar-refractivity contribution in [3.8, 4) is 11.3 Å². The standard InChI is InChI=1S/C14H17FN2O/c1-10(2)7-16-8-13-14(18-9-17-13)11-3-5-12(15)6-4-11/h3-6,9-10,16H,7-8H2,1-2H3. The van der Waals surface area contributed by atoms with Gasteiger partial charge in [-0.15, -0.1) is 0 Å². The molecule has 18 heavy (non-hydrogen) atoms. The van der Waals surface area contributed by atoms with Crippen molar-refractivity contribution in [3.05, 3.63) is 42.2 Å². The first-order chi connectivity index (χ1) is 8.66. The molecule has 0 aliphatic rings. The van der Waals surface area contributed by atoms with Gasteiger partial charge in [0.05, 0.1) is 0 Å². The molecule has 0 fully saturated rings. The van der Waals surface area contributed by atoms with E-state index < -0.39 is 0 Å². The van der Waals surface area contributed by atoms with Gasteiger partial charge in [-0.25, -0.2) is 9.37 Å². The minimum atomic E-state index is -0.252. The Hall–Kier alpha value is -1.68. The third-order valence-corrected chi connectivity index (χ3v) is 2.59. The third-order valence-electron chi connectivity index (χ3n) is 2.59. The van der Waals surface area contributed by atoms with Crippen molar-refractivity contribution in [3.63, 3.8) is 0 Å². The Morgan fingerprint density at radius 1 is 1.28 bits per heavy atom. The van der Waals surface area contributed by atoms with Gasteiger partial charge in [-0.1, -0.05) is 13.8 Å². The summed E-state index contributed by atoms with van der Waals surface area (Å²) in [5, 5.41) is 3.31. The zero-order valence-corrected chi connectivity index (χ0v) is 10.6. The largest absolute Gasteiger partial charge is 0.443 e. The number of hydrogen-bond donors (Lipinski definition) is 1. The predicted molar refractivity (Wildman–Crippen MR) is 68.4 cm³/mol. The molecule has 0 atom stereocenters. The molecule has 0 saturated heterocycles. The van der Waals surface area contributed by atoms with E-state index in [0.29, 0.717) is 18.2 Å². The highest BCUT2D eigenvalue weighted by Gasteiger charge is 2.10. The summed E-state index contributed by atoms with van der Waals surface area (Å²) in [5.74, 6) is 1.04. The third kappa shape index (κ3) is 3.17. The summed E-state index contributed by atoms with van der Waals surface area (Å²) in [6.07, 6.45) is 1.42. The van der Waals surface area contributed by atoms with E-state index >= 15 is 0 Å². The van der Waals surface area contributed by atoms with Gasteiger partial charge in [-0.05, 0) is 36.7 Å². The number of benzene rings is 1. The van der Waals surface area contributed by atoms with Crippen LogP contribution in [0.25, 0.3) is 11.3 Å². The van der Waals surface area contributed by atoms with Crippen molar-refractivity contribution in [2.45, 2.75) is 20.4 Å². The van der Waals surface area contributed by atoms with Crippen molar-refractivity contribution in [1.82, 2.24) is 10.3 Å². The Morgan fingerprint density at radius 2 is 2.00 bits per heavy atom. The summed E-state index contributed by atoms with van der Waals surface area (Å²) >= 11 is 0. The van der Waals surface area contributed by atoms with Crippen LogP contribution in [-0.4, -0.2) is 11.5 Å². The van der Waals surface area contributed by atoms with Gasteiger partial charge < -0.3 is 9.73 Å². The molecule has 96 valence electrons. The highest BCUT2D eigenvalue weighted by molar-refractivity contribution is 5.59. The average molecular weight is 248 g/mol. The predicted octanol–water partition coefficient (Wildman–Crippen LogP) is 3.23. The number of oxazole rings is 1. The molecule has 2 aromatic rings. The number of nitrogens with one attached hydrogen (secondary N) is 1. The van der Waals surface area contributed by atoms with E-state index in [4.69, 9.17) is 4.42 Å². The molecule has 1 aromatic heterocycles. The molecule has 0 radical (unpaired) electrons. The summed E-state index contributed by atoms with van der Waals surface area (Å²) in [4.78, 5) is 4.19. The lowest BCUT2D eigenvalue weighted by molar-refractivity contribution is 0.545. The summed E-state index contributed by atoms with van der Waals surface area (Å²) in [6, 6.07) is 6.23. The van der Waals surface area contributed by atoms with Gasteiger partial charge in [0, 0.05) is 12.1 Å². The second kappa shape index (κ2) is 5.78. The maximum absolute atomic E-state index is 12.9. The number of hydrogen-bond acceptors (Lipinski definition) is 3. The monoisotopic (exact) mass is 248 g/mol. The Bertz CT molecular complexity index is 491. The van der Waals surface area contributed by atoms with Gasteiger partial charge in [-0.2, -0.15) is 0 Å². The summed E-state index contributed by atoms with van der Waals surface area (Å²) in [5.41, 5.74) is 1.69. The van der Waals surface area contributed by atoms with Gasteiger partial charge in [0.25, 0.3) is 0 Å². The first-order valence-corrected chi connectivity index (χ1v) is 6.06. The van der Waals surface area contributed by atoms with Gasteiger partial charge >= 0.3 is 0 Å². The molecule has 0 unspecified atom stereocenters. The first kappa shape index (κ1) is 12.8. The second-order valence-electron chi connectivity index (χ2n) is 4.66. The van der Waals surface area contributed by atoms with Crippen molar-refractivity contribution in [2.24, 2.45) is 5.92 Å². The summed E-state index contributed by atoms with van der Waals surface area (Å²) in [6.45, 7) is 5.88. The van der Waals surface area contributed by atoms with E-state index in [1.807, 2.05) is 0 Å². The van der Waals surface area contributed by atoms with Crippen molar-refractivity contribution < 1.29 is 8.81 Å². The molecule has 1 N–H and O–H groups in total. The van der Waals surface area contributed by atoms with Gasteiger partial charge in [0.2, 0.25) is 0 Å². The Kier molecular flexibility index (Phi) is 4.10.